The van der Waals surface area contributed by atoms with Gasteiger partial charge in [0.05, 0.1) is 28.6 Å². The molecule has 0 bridgehead atoms. The van der Waals surface area contributed by atoms with Crippen LogP contribution in [0.3, 0.4) is 0 Å². The van der Waals surface area contributed by atoms with Crippen LogP contribution in [-0.2, 0) is 38.9 Å². The maximum Gasteiger partial charge on any atom is 0.416 e. The van der Waals surface area contributed by atoms with Crippen molar-refractivity contribution in [3.05, 3.63) is 65.5 Å². The SMILES string of the molecule is N[C@@H](CO)C(=O)NCCCC[C@@H](C(=O)NCc1ccc(C(F)(F)F)cc1)n1cc(COc2ccc3nc(S(N)(=O)=O)sc3c2)nn1. The molecule has 0 fully saturated rings. The number of sulfonamides is 1. The molecule has 2 heterocycles. The van der Waals surface area contributed by atoms with Crippen LogP contribution in [0.5, 0.6) is 5.75 Å². The average Bonchev–Trinajstić information content (AvgIpc) is 3.67. The summed E-state index contributed by atoms with van der Waals surface area (Å²) in [6, 6.07) is 7.34. The van der Waals surface area contributed by atoms with Gasteiger partial charge >= 0.3 is 6.18 Å². The van der Waals surface area contributed by atoms with Crippen LogP contribution in [0.25, 0.3) is 10.2 Å². The van der Waals surface area contributed by atoms with Gasteiger partial charge in [0.25, 0.3) is 10.0 Å². The molecule has 0 aliphatic carbocycles. The van der Waals surface area contributed by atoms with Gasteiger partial charge in [-0.1, -0.05) is 17.3 Å². The summed E-state index contributed by atoms with van der Waals surface area (Å²) in [7, 11) is -3.95. The number of nitrogens with zero attached hydrogens (tertiary/aromatic N) is 4. The van der Waals surface area contributed by atoms with Crippen molar-refractivity contribution in [2.75, 3.05) is 13.2 Å². The van der Waals surface area contributed by atoms with E-state index in [2.05, 4.69) is 25.9 Å². The number of carbonyl (C=O) groups excluding carboxylic acids is 2. The lowest BCUT2D eigenvalue weighted by molar-refractivity contribution is -0.137. The van der Waals surface area contributed by atoms with Gasteiger partial charge in [-0.05, 0) is 55.2 Å². The van der Waals surface area contributed by atoms with Gasteiger partial charge in [-0.15, -0.1) is 16.4 Å². The minimum absolute atomic E-state index is 0.0273. The lowest BCUT2D eigenvalue weighted by Gasteiger charge is -2.17. The largest absolute Gasteiger partial charge is 0.487 e. The minimum Gasteiger partial charge on any atom is -0.487 e. The topological polar surface area (TPSA) is 217 Å². The summed E-state index contributed by atoms with van der Waals surface area (Å²) >= 11 is 0.900. The van der Waals surface area contributed by atoms with E-state index in [0.717, 1.165) is 23.5 Å². The molecule has 2 amide bonds. The predicted octanol–water partition coefficient (Wildman–Crippen LogP) is 1.60. The number of hydrogen-bond donors (Lipinski definition) is 5. The number of nitrogens with one attached hydrogen (secondary N) is 2. The fraction of sp³-hybridized carbons (Fsp3) is 0.370. The molecular formula is C27H31F3N8O6S2. The Labute approximate surface area is 265 Å². The van der Waals surface area contributed by atoms with Gasteiger partial charge in [0.15, 0.2) is 0 Å². The summed E-state index contributed by atoms with van der Waals surface area (Å²) < 4.78 is 69.4. The number of amides is 2. The first kappa shape index (κ1) is 34.7. The maximum absolute atomic E-state index is 13.2. The summed E-state index contributed by atoms with van der Waals surface area (Å²) in [5.41, 5.74) is 5.96. The van der Waals surface area contributed by atoms with Crippen molar-refractivity contribution in [2.45, 2.75) is 55.0 Å². The number of ether oxygens (including phenoxy) is 1. The highest BCUT2D eigenvalue weighted by atomic mass is 32.2. The number of halogens is 3. The van der Waals surface area contributed by atoms with Crippen molar-refractivity contribution in [1.82, 2.24) is 30.6 Å². The standard InChI is InChI=1S/C27H31F3N8O6S2/c28-27(29,30)17-6-4-16(5-7-17)12-34-25(41)22(3-1-2-10-33-24(40)20(31)14-39)38-13-18(36-37-38)15-44-19-8-9-21-23(11-19)45-26(35-21)46(32,42)43/h4-9,11,13,20,22,39H,1-3,10,12,14-15,31H2,(H,33,40)(H,34,41)(H2,32,42,43)/t20-,22-/m0/s1. The highest BCUT2D eigenvalue weighted by Crippen LogP contribution is 2.30. The zero-order chi connectivity index (χ0) is 33.5. The number of unbranched alkanes of at least 4 members (excludes halogenated alkanes) is 1. The quantitative estimate of drug-likeness (QED) is 0.114. The van der Waals surface area contributed by atoms with Crippen LogP contribution < -0.4 is 26.2 Å². The molecule has 7 N–H and O–H groups in total. The Balaban J connectivity index is 1.40. The van der Waals surface area contributed by atoms with Gasteiger partial charge in [0.1, 0.15) is 30.1 Å². The van der Waals surface area contributed by atoms with E-state index in [-0.39, 0.29) is 30.5 Å². The minimum atomic E-state index is -4.48. The number of aromatic nitrogens is 4. The van der Waals surface area contributed by atoms with Crippen molar-refractivity contribution in [2.24, 2.45) is 10.9 Å². The number of nitrogens with two attached hydrogens (primary N) is 2. The number of rotatable bonds is 15. The predicted molar refractivity (Wildman–Crippen MR) is 160 cm³/mol. The summed E-state index contributed by atoms with van der Waals surface area (Å²) in [5, 5.41) is 27.6. The lowest BCUT2D eigenvalue weighted by atomic mass is 10.1. The monoisotopic (exact) mass is 684 g/mol. The van der Waals surface area contributed by atoms with Crippen molar-refractivity contribution in [3.8, 4) is 5.75 Å². The van der Waals surface area contributed by atoms with Gasteiger partial charge in [-0.25, -0.2) is 23.2 Å². The van der Waals surface area contributed by atoms with Gasteiger partial charge < -0.3 is 26.2 Å². The smallest absolute Gasteiger partial charge is 0.416 e. The molecule has 2 aromatic heterocycles. The molecule has 0 aliphatic heterocycles. The zero-order valence-electron chi connectivity index (χ0n) is 24.1. The second-order valence-electron chi connectivity index (χ2n) is 10.1. The Morgan fingerprint density at radius 3 is 2.50 bits per heavy atom. The van der Waals surface area contributed by atoms with Crippen molar-refractivity contribution in [3.63, 3.8) is 0 Å². The first-order valence-electron chi connectivity index (χ1n) is 13.8. The van der Waals surface area contributed by atoms with Crippen LogP contribution in [0.1, 0.15) is 42.1 Å². The number of fused-ring (bicyclic) bond motifs is 1. The third-order valence-electron chi connectivity index (χ3n) is 6.64. The van der Waals surface area contributed by atoms with E-state index >= 15 is 0 Å². The molecule has 2 atom stereocenters. The summed E-state index contributed by atoms with van der Waals surface area (Å²) in [4.78, 5) is 29.0. The van der Waals surface area contributed by atoms with Gasteiger partial charge in [-0.2, -0.15) is 13.2 Å². The molecule has 0 spiro atoms. The number of hydrogen-bond acceptors (Lipinski definition) is 11. The number of aliphatic hydroxyl groups is 1. The Kier molecular flexibility index (Phi) is 11.3. The van der Waals surface area contributed by atoms with Gasteiger partial charge in [-0.3, -0.25) is 9.59 Å². The first-order chi connectivity index (χ1) is 21.7. The molecule has 0 aliphatic rings. The van der Waals surface area contributed by atoms with Crippen molar-refractivity contribution in [1.29, 1.82) is 0 Å². The fourth-order valence-corrected chi connectivity index (χ4v) is 5.86. The van der Waals surface area contributed by atoms with Crippen molar-refractivity contribution >= 4 is 43.4 Å². The van der Waals surface area contributed by atoms with E-state index in [0.29, 0.717) is 40.1 Å². The molecule has 4 rings (SSSR count). The first-order valence-corrected chi connectivity index (χ1v) is 16.2. The maximum atomic E-state index is 13.2. The summed E-state index contributed by atoms with van der Waals surface area (Å²) in [6.45, 7) is -0.305. The third kappa shape index (κ3) is 9.42. The number of primary sulfonamides is 1. The van der Waals surface area contributed by atoms with Crippen LogP contribution >= 0.6 is 11.3 Å². The second kappa shape index (κ2) is 14.9. The lowest BCUT2D eigenvalue weighted by Crippen LogP contribution is -2.43. The molecule has 14 nitrogen and oxygen atoms in total. The molecule has 0 saturated heterocycles. The molecule has 19 heteroatoms. The van der Waals surface area contributed by atoms with E-state index in [9.17, 15) is 31.2 Å². The molecule has 0 radical (unpaired) electrons. The highest BCUT2D eigenvalue weighted by Gasteiger charge is 2.30. The average molecular weight is 685 g/mol. The second-order valence-corrected chi connectivity index (χ2v) is 12.9. The number of thiazole rings is 1. The molecule has 0 saturated carbocycles. The Hall–Kier alpha value is -4.17. The van der Waals surface area contributed by atoms with Crippen LogP contribution in [-0.4, -0.2) is 64.5 Å². The molecule has 4 aromatic rings. The summed E-state index contributed by atoms with van der Waals surface area (Å²) in [6.07, 6.45) is -1.73. The number of carbonyl (C=O) groups is 2. The normalized spacial score (nSPS) is 13.3. The number of alkyl halides is 3. The fourth-order valence-electron chi connectivity index (χ4n) is 4.17. The number of aliphatic hydroxyl groups excluding tert-OH is 1. The Morgan fingerprint density at radius 2 is 1.83 bits per heavy atom. The van der Waals surface area contributed by atoms with Crippen LogP contribution in [0.2, 0.25) is 0 Å². The number of benzene rings is 2. The molecule has 46 heavy (non-hydrogen) atoms. The Morgan fingerprint density at radius 1 is 1.09 bits per heavy atom. The molecular weight excluding hydrogens is 653 g/mol. The van der Waals surface area contributed by atoms with Crippen molar-refractivity contribution < 1.29 is 41.0 Å². The van der Waals surface area contributed by atoms with E-state index in [1.807, 2.05) is 0 Å². The van der Waals surface area contributed by atoms with Gasteiger partial charge in [0.2, 0.25) is 16.2 Å². The molecule has 248 valence electrons. The zero-order valence-corrected chi connectivity index (χ0v) is 25.7. The van der Waals surface area contributed by atoms with Crippen LogP contribution in [0.15, 0.2) is 53.0 Å². The Bertz CT molecular complexity index is 1760. The van der Waals surface area contributed by atoms with Crippen LogP contribution in [0, 0.1) is 0 Å². The third-order valence-corrected chi connectivity index (χ3v) is 8.97. The molecule has 0 unspecified atom stereocenters. The highest BCUT2D eigenvalue weighted by molar-refractivity contribution is 7.91. The summed E-state index contributed by atoms with van der Waals surface area (Å²) in [5.74, 6) is -0.557. The van der Waals surface area contributed by atoms with E-state index < -0.39 is 52.3 Å². The van der Waals surface area contributed by atoms with E-state index in [4.69, 9.17) is 20.7 Å². The van der Waals surface area contributed by atoms with Crippen LogP contribution in [0.4, 0.5) is 13.2 Å². The van der Waals surface area contributed by atoms with E-state index in [1.165, 1.54) is 23.0 Å². The van der Waals surface area contributed by atoms with E-state index in [1.54, 1.807) is 18.2 Å². The molecule has 2 aromatic carbocycles. The van der Waals surface area contributed by atoms with Gasteiger partial charge in [0, 0.05) is 13.1 Å².